The molecule has 126 valence electrons. The molecule has 0 saturated carbocycles. The Labute approximate surface area is 147 Å². The highest BCUT2D eigenvalue weighted by molar-refractivity contribution is 6.03. The van der Waals surface area contributed by atoms with Crippen molar-refractivity contribution in [2.75, 3.05) is 6.61 Å². The van der Waals surface area contributed by atoms with Gasteiger partial charge in [0.1, 0.15) is 12.4 Å². The van der Waals surface area contributed by atoms with Crippen molar-refractivity contribution in [1.29, 1.82) is 0 Å². The molecule has 3 nitrogen and oxygen atoms in total. The number of hydrogen-bond donors (Lipinski definition) is 1. The Morgan fingerprint density at radius 2 is 1.44 bits per heavy atom. The number of carbonyl (C=O) groups is 1. The lowest BCUT2D eigenvalue weighted by atomic mass is 9.86. The van der Waals surface area contributed by atoms with Crippen LogP contribution in [0.25, 0.3) is 0 Å². The lowest BCUT2D eigenvalue weighted by Gasteiger charge is -2.27. The Morgan fingerprint density at radius 3 is 2.04 bits per heavy atom. The van der Waals surface area contributed by atoms with Crippen molar-refractivity contribution in [2.45, 2.75) is 12.5 Å². The van der Waals surface area contributed by atoms with Crippen molar-refractivity contribution in [2.24, 2.45) is 0 Å². The van der Waals surface area contributed by atoms with Gasteiger partial charge in [0.05, 0.1) is 0 Å². The standard InChI is InChI=1S/C22H20O3/c1-17-12-14-20(15-13-17)25-16-22(24,19-10-6-3-7-11-19)21(23)18-8-4-2-5-9-18/h2-15,24H,16H2,1H3. The number of Topliss-reactive ketones (excluding diaryl/α,β-unsaturated/α-hetero) is 1. The number of hydrogen-bond acceptors (Lipinski definition) is 3. The molecule has 0 amide bonds. The van der Waals surface area contributed by atoms with Gasteiger partial charge >= 0.3 is 0 Å². The highest BCUT2D eigenvalue weighted by Gasteiger charge is 2.39. The van der Waals surface area contributed by atoms with Crippen molar-refractivity contribution in [3.05, 3.63) is 102 Å². The minimum absolute atomic E-state index is 0.159. The van der Waals surface area contributed by atoms with Crippen molar-refractivity contribution >= 4 is 5.78 Å². The van der Waals surface area contributed by atoms with E-state index in [0.29, 0.717) is 16.9 Å². The van der Waals surface area contributed by atoms with Crippen LogP contribution in [0.1, 0.15) is 21.5 Å². The number of aliphatic hydroxyl groups is 1. The first kappa shape index (κ1) is 16.9. The van der Waals surface area contributed by atoms with Crippen LogP contribution in [0.3, 0.4) is 0 Å². The maximum atomic E-state index is 13.0. The smallest absolute Gasteiger partial charge is 0.202 e. The average molecular weight is 332 g/mol. The number of carbonyl (C=O) groups excluding carboxylic acids is 1. The van der Waals surface area contributed by atoms with E-state index < -0.39 is 5.60 Å². The molecular weight excluding hydrogens is 312 g/mol. The number of ketones is 1. The van der Waals surface area contributed by atoms with Gasteiger partial charge in [0.25, 0.3) is 0 Å². The van der Waals surface area contributed by atoms with E-state index in [1.807, 2.05) is 43.3 Å². The summed E-state index contributed by atoms with van der Waals surface area (Å²) in [5, 5.41) is 11.2. The molecule has 0 saturated heterocycles. The van der Waals surface area contributed by atoms with Crippen molar-refractivity contribution in [3.63, 3.8) is 0 Å². The largest absolute Gasteiger partial charge is 0.490 e. The molecule has 0 aliphatic rings. The zero-order valence-electron chi connectivity index (χ0n) is 14.1. The first-order chi connectivity index (χ1) is 12.1. The number of ether oxygens (including phenoxy) is 1. The first-order valence-corrected chi connectivity index (χ1v) is 8.17. The van der Waals surface area contributed by atoms with E-state index in [4.69, 9.17) is 4.74 Å². The summed E-state index contributed by atoms with van der Waals surface area (Å²) in [5.41, 5.74) is 0.316. The topological polar surface area (TPSA) is 46.5 Å². The molecule has 0 radical (unpaired) electrons. The second-order valence-corrected chi connectivity index (χ2v) is 6.02. The van der Waals surface area contributed by atoms with E-state index in [9.17, 15) is 9.90 Å². The van der Waals surface area contributed by atoms with E-state index in [0.717, 1.165) is 5.56 Å². The van der Waals surface area contributed by atoms with Crippen LogP contribution in [0.2, 0.25) is 0 Å². The van der Waals surface area contributed by atoms with Crippen molar-refractivity contribution in [1.82, 2.24) is 0 Å². The van der Waals surface area contributed by atoms with Crippen LogP contribution in [0.5, 0.6) is 5.75 Å². The Kier molecular flexibility index (Phi) is 4.96. The van der Waals surface area contributed by atoms with Gasteiger partial charge in [0.2, 0.25) is 5.78 Å². The molecular formula is C22H20O3. The third kappa shape index (κ3) is 3.78. The average Bonchev–Trinajstić information content (AvgIpc) is 2.68. The Hall–Kier alpha value is -2.91. The number of rotatable bonds is 6. The predicted molar refractivity (Wildman–Crippen MR) is 97.8 cm³/mol. The minimum Gasteiger partial charge on any atom is -0.490 e. The molecule has 3 aromatic carbocycles. The Morgan fingerprint density at radius 1 is 0.880 bits per heavy atom. The van der Waals surface area contributed by atoms with Gasteiger partial charge in [-0.3, -0.25) is 4.79 Å². The second kappa shape index (κ2) is 7.32. The van der Waals surface area contributed by atoms with Gasteiger partial charge in [0, 0.05) is 5.56 Å². The zero-order valence-corrected chi connectivity index (χ0v) is 14.1. The van der Waals surface area contributed by atoms with Crippen LogP contribution >= 0.6 is 0 Å². The molecule has 0 aliphatic heterocycles. The summed E-state index contributed by atoms with van der Waals surface area (Å²) in [7, 11) is 0. The Balaban J connectivity index is 1.92. The monoisotopic (exact) mass is 332 g/mol. The van der Waals surface area contributed by atoms with Gasteiger partial charge in [0.15, 0.2) is 5.60 Å². The van der Waals surface area contributed by atoms with E-state index in [-0.39, 0.29) is 12.4 Å². The summed E-state index contributed by atoms with van der Waals surface area (Å²) in [6.45, 7) is 1.83. The molecule has 3 rings (SSSR count). The molecule has 0 spiro atoms. The van der Waals surface area contributed by atoms with Gasteiger partial charge < -0.3 is 9.84 Å². The third-order valence-corrected chi connectivity index (χ3v) is 4.13. The molecule has 0 aliphatic carbocycles. The van der Waals surface area contributed by atoms with Crippen LogP contribution in [-0.2, 0) is 5.60 Å². The van der Waals surface area contributed by atoms with E-state index >= 15 is 0 Å². The van der Waals surface area contributed by atoms with Gasteiger partial charge in [-0.05, 0) is 24.6 Å². The molecule has 0 heterocycles. The summed E-state index contributed by atoms with van der Waals surface area (Å²) < 4.78 is 5.75. The van der Waals surface area contributed by atoms with Crippen molar-refractivity contribution in [3.8, 4) is 5.75 Å². The summed E-state index contributed by atoms with van der Waals surface area (Å²) in [5.74, 6) is 0.229. The summed E-state index contributed by atoms with van der Waals surface area (Å²) in [4.78, 5) is 13.0. The number of benzene rings is 3. The third-order valence-electron chi connectivity index (χ3n) is 4.13. The highest BCUT2D eigenvalue weighted by atomic mass is 16.5. The fourth-order valence-corrected chi connectivity index (χ4v) is 2.64. The van der Waals surface area contributed by atoms with Crippen LogP contribution in [0.15, 0.2) is 84.9 Å². The van der Waals surface area contributed by atoms with Gasteiger partial charge in [-0.15, -0.1) is 0 Å². The van der Waals surface area contributed by atoms with E-state index in [1.54, 1.807) is 48.5 Å². The van der Waals surface area contributed by atoms with Gasteiger partial charge in [-0.1, -0.05) is 78.4 Å². The first-order valence-electron chi connectivity index (χ1n) is 8.17. The summed E-state index contributed by atoms with van der Waals surface area (Å²) in [6.07, 6.45) is 0. The van der Waals surface area contributed by atoms with Crippen LogP contribution < -0.4 is 4.74 Å². The molecule has 1 unspecified atom stereocenters. The SMILES string of the molecule is Cc1ccc(OCC(O)(C(=O)c2ccccc2)c2ccccc2)cc1. The van der Waals surface area contributed by atoms with Gasteiger partial charge in [-0.2, -0.15) is 0 Å². The molecule has 0 bridgehead atoms. The van der Waals surface area contributed by atoms with Crippen LogP contribution in [0, 0.1) is 6.92 Å². The molecule has 3 heteroatoms. The fourth-order valence-electron chi connectivity index (χ4n) is 2.64. The Bertz CT molecular complexity index is 826. The maximum Gasteiger partial charge on any atom is 0.202 e. The fraction of sp³-hybridized carbons (Fsp3) is 0.136. The molecule has 25 heavy (non-hydrogen) atoms. The van der Waals surface area contributed by atoms with E-state index in [2.05, 4.69) is 0 Å². The van der Waals surface area contributed by atoms with Crippen LogP contribution in [-0.4, -0.2) is 17.5 Å². The highest BCUT2D eigenvalue weighted by Crippen LogP contribution is 2.27. The summed E-state index contributed by atoms with van der Waals surface area (Å²) >= 11 is 0. The second-order valence-electron chi connectivity index (χ2n) is 6.02. The van der Waals surface area contributed by atoms with E-state index in [1.165, 1.54) is 0 Å². The predicted octanol–water partition coefficient (Wildman–Crippen LogP) is 4.14. The van der Waals surface area contributed by atoms with Gasteiger partial charge in [-0.25, -0.2) is 0 Å². The molecule has 0 fully saturated rings. The maximum absolute atomic E-state index is 13.0. The molecule has 1 atom stereocenters. The van der Waals surface area contributed by atoms with Crippen molar-refractivity contribution < 1.29 is 14.6 Å². The quantitative estimate of drug-likeness (QED) is 0.690. The molecule has 0 aromatic heterocycles. The minimum atomic E-state index is -1.76. The zero-order chi connectivity index (χ0) is 17.7. The van der Waals surface area contributed by atoms with Crippen LogP contribution in [0.4, 0.5) is 0 Å². The summed E-state index contributed by atoms with van der Waals surface area (Å²) in [6, 6.07) is 25.2. The lowest BCUT2D eigenvalue weighted by Crippen LogP contribution is -2.41. The number of aryl methyl sites for hydroxylation is 1. The normalized spacial score (nSPS) is 13.0. The lowest BCUT2D eigenvalue weighted by molar-refractivity contribution is 0.00259. The molecule has 1 N–H and O–H groups in total. The molecule has 3 aromatic rings.